The van der Waals surface area contributed by atoms with Crippen molar-refractivity contribution >= 4 is 15.9 Å². The first-order valence-corrected chi connectivity index (χ1v) is 11.6. The van der Waals surface area contributed by atoms with Crippen molar-refractivity contribution in [3.63, 3.8) is 0 Å². The molecule has 1 amide bonds. The number of hydrogen-bond acceptors (Lipinski definition) is 5. The number of amides is 1. The molecule has 1 aliphatic heterocycles. The summed E-state index contributed by atoms with van der Waals surface area (Å²) >= 11 is 0. The van der Waals surface area contributed by atoms with Gasteiger partial charge in [-0.1, -0.05) is 29.8 Å². The van der Waals surface area contributed by atoms with Crippen LogP contribution in [-0.4, -0.2) is 50.8 Å². The van der Waals surface area contributed by atoms with Gasteiger partial charge in [0.2, 0.25) is 15.9 Å². The molecule has 0 N–H and O–H groups in total. The Morgan fingerprint density at radius 1 is 1.23 bits per heavy atom. The van der Waals surface area contributed by atoms with Crippen molar-refractivity contribution in [2.75, 3.05) is 27.2 Å². The quantitative estimate of drug-likeness (QED) is 0.687. The lowest BCUT2D eigenvalue weighted by Crippen LogP contribution is -2.43. The molecule has 2 aromatic rings. The molecule has 8 heteroatoms. The average molecular weight is 442 g/mol. The molecule has 3 rings (SSSR count). The molecule has 1 fully saturated rings. The lowest BCUT2D eigenvalue weighted by molar-refractivity contribution is -0.135. The van der Waals surface area contributed by atoms with Gasteiger partial charge in [-0.3, -0.25) is 4.79 Å². The Morgan fingerprint density at radius 2 is 1.90 bits per heavy atom. The topological polar surface area (TPSA) is 90.7 Å². The Balaban J connectivity index is 1.66. The number of benzene rings is 2. The second-order valence-electron chi connectivity index (χ2n) is 7.80. The van der Waals surface area contributed by atoms with Gasteiger partial charge in [-0.15, -0.1) is 0 Å². The number of carbonyl (C=O) groups is 1. The SMILES string of the molecule is COc1ccc(C)cc1CN(C)C(=O)C1CCN(S(=O)(=O)c2ccccc2C#N)CC1. The molecule has 7 nitrogen and oxygen atoms in total. The van der Waals surface area contributed by atoms with E-state index in [4.69, 9.17) is 4.74 Å². The van der Waals surface area contributed by atoms with E-state index in [9.17, 15) is 18.5 Å². The van der Waals surface area contributed by atoms with Crippen molar-refractivity contribution in [1.29, 1.82) is 5.26 Å². The third-order valence-electron chi connectivity index (χ3n) is 5.65. The Kier molecular flexibility index (Phi) is 6.98. The van der Waals surface area contributed by atoms with Crippen LogP contribution < -0.4 is 4.74 Å². The van der Waals surface area contributed by atoms with Gasteiger partial charge in [0.25, 0.3) is 0 Å². The third-order valence-corrected chi connectivity index (χ3v) is 7.60. The van der Waals surface area contributed by atoms with Gasteiger partial charge < -0.3 is 9.64 Å². The van der Waals surface area contributed by atoms with E-state index in [1.54, 1.807) is 31.2 Å². The number of nitriles is 1. The van der Waals surface area contributed by atoms with E-state index in [2.05, 4.69) is 0 Å². The zero-order valence-corrected chi connectivity index (χ0v) is 18.9. The summed E-state index contributed by atoms with van der Waals surface area (Å²) in [5.74, 6) is 0.499. The number of carbonyl (C=O) groups excluding carboxylic acids is 1. The van der Waals surface area contributed by atoms with E-state index in [1.165, 1.54) is 16.4 Å². The zero-order valence-electron chi connectivity index (χ0n) is 18.0. The molecule has 0 unspecified atom stereocenters. The van der Waals surface area contributed by atoms with Crippen LogP contribution in [-0.2, 0) is 21.4 Å². The van der Waals surface area contributed by atoms with E-state index >= 15 is 0 Å². The van der Waals surface area contributed by atoms with Gasteiger partial charge in [-0.25, -0.2) is 8.42 Å². The zero-order chi connectivity index (χ0) is 22.6. The van der Waals surface area contributed by atoms with Gasteiger partial charge >= 0.3 is 0 Å². The second-order valence-corrected chi connectivity index (χ2v) is 9.70. The molecule has 31 heavy (non-hydrogen) atoms. The maximum absolute atomic E-state index is 13.0. The van der Waals surface area contributed by atoms with E-state index in [0.717, 1.165) is 16.9 Å². The third kappa shape index (κ3) is 4.89. The maximum Gasteiger partial charge on any atom is 0.244 e. The van der Waals surface area contributed by atoms with E-state index in [0.29, 0.717) is 19.4 Å². The molecule has 1 saturated heterocycles. The smallest absolute Gasteiger partial charge is 0.244 e. The molecule has 2 aromatic carbocycles. The van der Waals surface area contributed by atoms with Crippen molar-refractivity contribution in [3.8, 4) is 11.8 Å². The van der Waals surface area contributed by atoms with Crippen LogP contribution >= 0.6 is 0 Å². The Hall–Kier alpha value is -2.89. The minimum absolute atomic E-state index is 0.00182. The number of aryl methyl sites for hydroxylation is 1. The van der Waals surface area contributed by atoms with Crippen LogP contribution in [0.2, 0.25) is 0 Å². The number of methoxy groups -OCH3 is 1. The summed E-state index contributed by atoms with van der Waals surface area (Å²) in [7, 11) is -0.399. The van der Waals surface area contributed by atoms with E-state index in [-0.39, 0.29) is 35.4 Å². The molecule has 0 atom stereocenters. The highest BCUT2D eigenvalue weighted by molar-refractivity contribution is 7.89. The second kappa shape index (κ2) is 9.50. The molecule has 0 spiro atoms. The summed E-state index contributed by atoms with van der Waals surface area (Å²) < 4.78 is 32.7. The molecule has 0 aliphatic carbocycles. The molecule has 0 saturated carbocycles. The largest absolute Gasteiger partial charge is 0.496 e. The van der Waals surface area contributed by atoms with Gasteiger partial charge in [-0.2, -0.15) is 9.57 Å². The lowest BCUT2D eigenvalue weighted by atomic mass is 9.96. The molecule has 1 aliphatic rings. The first-order valence-electron chi connectivity index (χ1n) is 10.2. The fourth-order valence-electron chi connectivity index (χ4n) is 3.94. The molecular formula is C23H27N3O4S. The Bertz CT molecular complexity index is 1100. The molecule has 1 heterocycles. The van der Waals surface area contributed by atoms with Crippen molar-refractivity contribution in [1.82, 2.24) is 9.21 Å². The molecule has 0 radical (unpaired) electrons. The van der Waals surface area contributed by atoms with Crippen LogP contribution in [0.15, 0.2) is 47.4 Å². The van der Waals surface area contributed by atoms with Crippen molar-refractivity contribution in [2.45, 2.75) is 31.2 Å². The van der Waals surface area contributed by atoms with Crippen LogP contribution in [0.5, 0.6) is 5.75 Å². The standard InChI is InChI=1S/C23H27N3O4S/c1-17-8-9-21(30-3)20(14-17)16-25(2)23(27)18-10-12-26(13-11-18)31(28,29)22-7-5-4-6-19(22)15-24/h4-9,14,18H,10-13,16H2,1-3H3. The van der Waals surface area contributed by atoms with Gasteiger partial charge in [0.15, 0.2) is 0 Å². The van der Waals surface area contributed by atoms with Crippen molar-refractivity contribution < 1.29 is 17.9 Å². The highest BCUT2D eigenvalue weighted by Gasteiger charge is 2.34. The van der Waals surface area contributed by atoms with Gasteiger partial charge in [-0.05, 0) is 38.0 Å². The van der Waals surface area contributed by atoms with Gasteiger partial charge in [0.1, 0.15) is 11.8 Å². The highest BCUT2D eigenvalue weighted by atomic mass is 32.2. The summed E-state index contributed by atoms with van der Waals surface area (Å²) in [6.45, 7) is 2.92. The van der Waals surface area contributed by atoms with Crippen molar-refractivity contribution in [2.24, 2.45) is 5.92 Å². The number of nitrogens with zero attached hydrogens (tertiary/aromatic N) is 3. The van der Waals surface area contributed by atoms with Crippen LogP contribution in [0.3, 0.4) is 0 Å². The lowest BCUT2D eigenvalue weighted by Gasteiger charge is -2.32. The normalized spacial score (nSPS) is 15.3. The number of hydrogen-bond donors (Lipinski definition) is 0. The van der Waals surface area contributed by atoms with Crippen molar-refractivity contribution in [3.05, 3.63) is 59.2 Å². The van der Waals surface area contributed by atoms with Gasteiger partial charge in [0, 0.05) is 38.2 Å². The Labute approximate surface area is 183 Å². The fraction of sp³-hybridized carbons (Fsp3) is 0.391. The van der Waals surface area contributed by atoms with Crippen LogP contribution in [0, 0.1) is 24.2 Å². The predicted octanol–water partition coefficient (Wildman–Crippen LogP) is 2.93. The predicted molar refractivity (Wildman–Crippen MR) is 117 cm³/mol. The molecule has 0 aromatic heterocycles. The summed E-state index contributed by atoms with van der Waals surface area (Å²) in [4.78, 5) is 14.7. The molecule has 164 valence electrons. The van der Waals surface area contributed by atoms with E-state index < -0.39 is 10.0 Å². The number of sulfonamides is 1. The number of piperidine rings is 1. The van der Waals surface area contributed by atoms with Crippen LogP contribution in [0.4, 0.5) is 0 Å². The number of rotatable bonds is 6. The monoisotopic (exact) mass is 441 g/mol. The number of ether oxygens (including phenoxy) is 1. The minimum atomic E-state index is -3.77. The first-order chi connectivity index (χ1) is 14.8. The van der Waals surface area contributed by atoms with Crippen LogP contribution in [0.25, 0.3) is 0 Å². The molecule has 0 bridgehead atoms. The Morgan fingerprint density at radius 3 is 2.55 bits per heavy atom. The fourth-order valence-corrected chi connectivity index (χ4v) is 5.55. The van der Waals surface area contributed by atoms with Crippen LogP contribution in [0.1, 0.15) is 29.5 Å². The summed E-state index contributed by atoms with van der Waals surface area (Å²) in [6.07, 6.45) is 0.893. The maximum atomic E-state index is 13.0. The first kappa shape index (κ1) is 22.8. The van der Waals surface area contributed by atoms with Gasteiger partial charge in [0.05, 0.1) is 17.6 Å². The molecular weight excluding hydrogens is 414 g/mol. The average Bonchev–Trinajstić information content (AvgIpc) is 2.78. The summed E-state index contributed by atoms with van der Waals surface area (Å²) in [5, 5.41) is 9.24. The summed E-state index contributed by atoms with van der Waals surface area (Å²) in [5.41, 5.74) is 2.16. The highest BCUT2D eigenvalue weighted by Crippen LogP contribution is 2.28. The summed E-state index contributed by atoms with van der Waals surface area (Å²) in [6, 6.07) is 14.0. The minimum Gasteiger partial charge on any atom is -0.496 e. The van der Waals surface area contributed by atoms with E-state index in [1.807, 2.05) is 31.2 Å².